The highest BCUT2D eigenvalue weighted by Crippen LogP contribution is 2.36. The Morgan fingerprint density at radius 1 is 0.885 bits per heavy atom. The van der Waals surface area contributed by atoms with Crippen LogP contribution < -0.4 is 5.46 Å². The van der Waals surface area contributed by atoms with Crippen molar-refractivity contribution in [2.75, 3.05) is 12.5 Å². The van der Waals surface area contributed by atoms with Crippen LogP contribution in [0.25, 0.3) is 11.1 Å². The van der Waals surface area contributed by atoms with Crippen LogP contribution in [0.2, 0.25) is 0 Å². The summed E-state index contributed by atoms with van der Waals surface area (Å²) < 4.78 is 28.4. The smallest absolute Gasteiger partial charge is 0.399 e. The predicted molar refractivity (Wildman–Crippen MR) is 110 cm³/mol. The number of hydrogen-bond donors (Lipinski definition) is 0. The quantitative estimate of drug-likeness (QED) is 0.766. The largest absolute Gasteiger partial charge is 0.494 e. The van der Waals surface area contributed by atoms with Crippen molar-refractivity contribution in [2.45, 2.75) is 38.9 Å². The second-order valence-corrected chi connectivity index (χ2v) is 10.6. The zero-order valence-electron chi connectivity index (χ0n) is 16.3. The summed E-state index contributed by atoms with van der Waals surface area (Å²) in [4.78, 5) is 0. The molecule has 1 saturated heterocycles. The van der Waals surface area contributed by atoms with E-state index in [1.807, 2.05) is 36.4 Å². The van der Waals surface area contributed by atoms with Gasteiger partial charge in [-0.3, -0.25) is 0 Å². The summed E-state index contributed by atoms with van der Waals surface area (Å²) in [5.74, 6) is 0. The van der Waals surface area contributed by atoms with Crippen LogP contribution in [-0.2, 0) is 19.0 Å². The van der Waals surface area contributed by atoms with Gasteiger partial charge in [-0.1, -0.05) is 36.4 Å². The molecule has 0 N–H and O–H groups in total. The second kappa shape index (κ2) is 6.52. The zero-order valence-corrected chi connectivity index (χ0v) is 17.1. The summed E-state index contributed by atoms with van der Waals surface area (Å²) >= 11 is 0. The average molecular weight is 371 g/mol. The summed E-state index contributed by atoms with van der Waals surface area (Å²) in [5, 5.41) is 0. The van der Waals surface area contributed by atoms with Crippen LogP contribution in [0.4, 0.5) is 5.69 Å². The summed E-state index contributed by atoms with van der Waals surface area (Å²) in [6.07, 6.45) is 3.28. The van der Waals surface area contributed by atoms with Gasteiger partial charge < -0.3 is 9.31 Å². The molecular weight excluding hydrogens is 345 g/mol. The maximum atomic E-state index is 11.9. The van der Waals surface area contributed by atoms with Gasteiger partial charge in [0.2, 0.25) is 0 Å². The van der Waals surface area contributed by atoms with E-state index in [1.54, 1.807) is 12.5 Å². The zero-order chi connectivity index (χ0) is 19.2. The molecule has 0 bridgehead atoms. The molecule has 1 fully saturated rings. The van der Waals surface area contributed by atoms with Crippen molar-refractivity contribution in [3.05, 3.63) is 48.5 Å². The summed E-state index contributed by atoms with van der Waals surface area (Å²) in [6.45, 7) is 8.21. The van der Waals surface area contributed by atoms with E-state index in [1.165, 1.54) is 0 Å². The third kappa shape index (κ3) is 4.03. The third-order valence-corrected chi connectivity index (χ3v) is 5.59. The Kier molecular flexibility index (Phi) is 4.80. The molecule has 0 unspecified atom stereocenters. The molecule has 1 heterocycles. The van der Waals surface area contributed by atoms with Crippen molar-refractivity contribution in [1.82, 2.24) is 0 Å². The van der Waals surface area contributed by atoms with Crippen LogP contribution in [-0.4, -0.2) is 35.0 Å². The summed E-state index contributed by atoms with van der Waals surface area (Å²) in [5.41, 5.74) is 3.14. The number of hydrogen-bond acceptors (Lipinski definition) is 4. The number of nitrogens with zero attached hydrogens (tertiary/aromatic N) is 1. The lowest BCUT2D eigenvalue weighted by Gasteiger charge is -2.32. The Balaban J connectivity index is 1.85. The van der Waals surface area contributed by atoms with Gasteiger partial charge in [0, 0.05) is 22.2 Å². The first-order valence-corrected chi connectivity index (χ1v) is 11.0. The van der Waals surface area contributed by atoms with Crippen LogP contribution in [0.1, 0.15) is 27.7 Å². The number of benzene rings is 2. The molecule has 3 rings (SSSR count). The average Bonchev–Trinajstić information content (AvgIpc) is 2.74. The molecule has 0 aromatic heterocycles. The molecule has 6 heteroatoms. The van der Waals surface area contributed by atoms with Crippen molar-refractivity contribution in [3.8, 4) is 11.1 Å². The first kappa shape index (κ1) is 19.1. The van der Waals surface area contributed by atoms with Gasteiger partial charge >= 0.3 is 7.12 Å². The Morgan fingerprint density at radius 2 is 1.46 bits per heavy atom. The van der Waals surface area contributed by atoms with Crippen LogP contribution in [0, 0.1) is 0 Å². The third-order valence-electron chi connectivity index (χ3n) is 4.94. The highest BCUT2D eigenvalue weighted by Gasteiger charge is 2.51. The molecule has 0 amide bonds. The molecule has 26 heavy (non-hydrogen) atoms. The molecule has 138 valence electrons. The normalized spacial score (nSPS) is 18.8. The fraction of sp³-hybridized carbons (Fsp3) is 0.400. The Bertz CT molecular complexity index is 904. The molecule has 2 aromatic rings. The van der Waals surface area contributed by atoms with Crippen LogP contribution in [0.3, 0.4) is 0 Å². The van der Waals surface area contributed by atoms with E-state index in [4.69, 9.17) is 9.31 Å². The molecule has 0 saturated carbocycles. The SMILES string of the molecule is CC1(C)OB(c2ccc(-c3cccc(N=S(C)(C)=O)c3)cc2)OC1(C)C. The first-order chi connectivity index (χ1) is 12.0. The molecular formula is C20H26BNO3S. The van der Waals surface area contributed by atoms with Crippen molar-refractivity contribution < 1.29 is 13.5 Å². The fourth-order valence-electron chi connectivity index (χ4n) is 2.81. The molecule has 0 radical (unpaired) electrons. The maximum absolute atomic E-state index is 11.9. The molecule has 1 aliphatic heterocycles. The fourth-order valence-corrected chi connectivity index (χ4v) is 3.43. The minimum Gasteiger partial charge on any atom is -0.399 e. The van der Waals surface area contributed by atoms with E-state index in [-0.39, 0.29) is 18.3 Å². The molecule has 2 aromatic carbocycles. The van der Waals surface area contributed by atoms with Gasteiger partial charge in [-0.15, -0.1) is 0 Å². The molecule has 0 atom stereocenters. The van der Waals surface area contributed by atoms with Crippen molar-refractivity contribution >= 4 is 28.0 Å². The Labute approximate surface area is 157 Å². The van der Waals surface area contributed by atoms with Crippen LogP contribution >= 0.6 is 0 Å². The molecule has 0 aliphatic carbocycles. The van der Waals surface area contributed by atoms with Crippen molar-refractivity contribution in [3.63, 3.8) is 0 Å². The lowest BCUT2D eigenvalue weighted by atomic mass is 9.78. The number of rotatable bonds is 3. The van der Waals surface area contributed by atoms with Crippen LogP contribution in [0.15, 0.2) is 52.9 Å². The highest BCUT2D eigenvalue weighted by atomic mass is 32.2. The molecule has 0 spiro atoms. The molecule has 4 nitrogen and oxygen atoms in total. The van der Waals surface area contributed by atoms with Crippen molar-refractivity contribution in [1.29, 1.82) is 0 Å². The summed E-state index contributed by atoms with van der Waals surface area (Å²) in [6, 6.07) is 15.9. The van der Waals surface area contributed by atoms with Gasteiger partial charge in [-0.05, 0) is 56.4 Å². The van der Waals surface area contributed by atoms with Gasteiger partial charge in [0.15, 0.2) is 0 Å². The molecule has 1 aliphatic rings. The summed E-state index contributed by atoms with van der Waals surface area (Å²) in [7, 11) is -2.54. The van der Waals surface area contributed by atoms with E-state index in [2.05, 4.69) is 44.2 Å². The van der Waals surface area contributed by atoms with E-state index in [9.17, 15) is 4.21 Å². The topological polar surface area (TPSA) is 47.9 Å². The van der Waals surface area contributed by atoms with E-state index in [0.29, 0.717) is 0 Å². The lowest BCUT2D eigenvalue weighted by molar-refractivity contribution is 0.00578. The Hall–Kier alpha value is -1.63. The van der Waals surface area contributed by atoms with Gasteiger partial charge in [-0.2, -0.15) is 4.36 Å². The van der Waals surface area contributed by atoms with E-state index < -0.39 is 9.73 Å². The highest BCUT2D eigenvalue weighted by molar-refractivity contribution is 7.92. The minimum atomic E-state index is -2.17. The van der Waals surface area contributed by atoms with E-state index in [0.717, 1.165) is 22.3 Å². The van der Waals surface area contributed by atoms with Gasteiger partial charge in [-0.25, -0.2) is 4.21 Å². The Morgan fingerprint density at radius 3 is 2.00 bits per heavy atom. The van der Waals surface area contributed by atoms with Gasteiger partial charge in [0.25, 0.3) is 0 Å². The van der Waals surface area contributed by atoms with Gasteiger partial charge in [0.1, 0.15) is 0 Å². The van der Waals surface area contributed by atoms with Crippen LogP contribution in [0.5, 0.6) is 0 Å². The monoisotopic (exact) mass is 371 g/mol. The first-order valence-electron chi connectivity index (χ1n) is 8.70. The van der Waals surface area contributed by atoms with Gasteiger partial charge in [0.05, 0.1) is 16.9 Å². The van der Waals surface area contributed by atoms with Crippen molar-refractivity contribution in [2.24, 2.45) is 4.36 Å². The second-order valence-electron chi connectivity index (χ2n) is 8.03. The standard InChI is InChI=1S/C20H26BNO3S/c1-19(2)20(3,4)25-21(24-19)17-12-10-15(11-13-17)16-8-7-9-18(14-16)22-26(5,6)23/h7-14H,1-6H3. The van der Waals surface area contributed by atoms with E-state index >= 15 is 0 Å². The maximum Gasteiger partial charge on any atom is 0.494 e. The minimum absolute atomic E-state index is 0.348. The lowest BCUT2D eigenvalue weighted by Crippen LogP contribution is -2.41. The predicted octanol–water partition coefficient (Wildman–Crippen LogP) is 4.01.